The Bertz CT molecular complexity index is 1200. The van der Waals surface area contributed by atoms with E-state index in [2.05, 4.69) is 103 Å². The maximum Gasteiger partial charge on any atom is 0.251 e. The van der Waals surface area contributed by atoms with Crippen LogP contribution in [0.2, 0.25) is 0 Å². The summed E-state index contributed by atoms with van der Waals surface area (Å²) in [6, 6.07) is 31.6. The first-order chi connectivity index (χ1) is 15.5. The lowest BCUT2D eigenvalue weighted by Gasteiger charge is -2.26. The second-order valence-corrected chi connectivity index (χ2v) is 8.17. The van der Waals surface area contributed by atoms with Gasteiger partial charge in [0.1, 0.15) is 0 Å². The van der Waals surface area contributed by atoms with Crippen molar-refractivity contribution < 1.29 is 4.79 Å². The molecule has 0 aromatic heterocycles. The highest BCUT2D eigenvalue weighted by Gasteiger charge is 2.14. The molecule has 0 aliphatic carbocycles. The third-order valence-electron chi connectivity index (χ3n) is 5.73. The summed E-state index contributed by atoms with van der Waals surface area (Å²) >= 11 is 0. The molecule has 0 aliphatic rings. The molecule has 160 valence electrons. The van der Waals surface area contributed by atoms with Crippen molar-refractivity contribution in [3.05, 3.63) is 113 Å². The smallest absolute Gasteiger partial charge is 0.251 e. The van der Waals surface area contributed by atoms with Gasteiger partial charge in [0, 0.05) is 29.7 Å². The van der Waals surface area contributed by atoms with Gasteiger partial charge in [-0.25, -0.2) is 0 Å². The zero-order valence-corrected chi connectivity index (χ0v) is 19.0. The SMILES string of the molecule is CNC(=O)c1cc(-c2cccc(N(c3ccc(C)cc3)c3ccc(C)cc3)c2)ccc1C. The van der Waals surface area contributed by atoms with Gasteiger partial charge in [0.15, 0.2) is 0 Å². The third kappa shape index (κ3) is 4.42. The summed E-state index contributed by atoms with van der Waals surface area (Å²) in [5, 5.41) is 2.74. The minimum atomic E-state index is -0.0681. The summed E-state index contributed by atoms with van der Waals surface area (Å²) in [6.07, 6.45) is 0. The van der Waals surface area contributed by atoms with Crippen LogP contribution in [-0.2, 0) is 0 Å². The lowest BCUT2D eigenvalue weighted by molar-refractivity contribution is 0.0962. The van der Waals surface area contributed by atoms with Crippen LogP contribution in [0.25, 0.3) is 11.1 Å². The van der Waals surface area contributed by atoms with Gasteiger partial charge in [0.05, 0.1) is 0 Å². The van der Waals surface area contributed by atoms with Crippen LogP contribution in [0.15, 0.2) is 91.0 Å². The molecular weight excluding hydrogens is 392 g/mol. The van der Waals surface area contributed by atoms with E-state index in [0.717, 1.165) is 33.8 Å². The second-order valence-electron chi connectivity index (χ2n) is 8.17. The van der Waals surface area contributed by atoms with E-state index in [1.807, 2.05) is 19.1 Å². The normalized spacial score (nSPS) is 10.6. The summed E-state index contributed by atoms with van der Waals surface area (Å²) in [6.45, 7) is 6.16. The molecule has 0 radical (unpaired) electrons. The highest BCUT2D eigenvalue weighted by atomic mass is 16.1. The van der Waals surface area contributed by atoms with Crippen LogP contribution in [0.3, 0.4) is 0 Å². The summed E-state index contributed by atoms with van der Waals surface area (Å²) in [5.74, 6) is -0.0681. The van der Waals surface area contributed by atoms with Crippen LogP contribution < -0.4 is 10.2 Å². The zero-order chi connectivity index (χ0) is 22.7. The van der Waals surface area contributed by atoms with Crippen LogP contribution in [0.4, 0.5) is 17.1 Å². The maximum atomic E-state index is 12.3. The first kappa shape index (κ1) is 21.4. The molecule has 0 saturated heterocycles. The predicted molar refractivity (Wildman–Crippen MR) is 134 cm³/mol. The van der Waals surface area contributed by atoms with Crippen molar-refractivity contribution in [1.29, 1.82) is 0 Å². The van der Waals surface area contributed by atoms with Crippen LogP contribution in [0.5, 0.6) is 0 Å². The third-order valence-corrected chi connectivity index (χ3v) is 5.73. The minimum absolute atomic E-state index is 0.0681. The molecular formula is C29H28N2O. The van der Waals surface area contributed by atoms with E-state index in [9.17, 15) is 4.79 Å². The Balaban J connectivity index is 1.82. The number of anilines is 3. The van der Waals surface area contributed by atoms with Crippen molar-refractivity contribution >= 4 is 23.0 Å². The Labute approximate surface area is 190 Å². The van der Waals surface area contributed by atoms with E-state index >= 15 is 0 Å². The van der Waals surface area contributed by atoms with E-state index in [-0.39, 0.29) is 5.91 Å². The van der Waals surface area contributed by atoms with Gasteiger partial charge >= 0.3 is 0 Å². The number of carbonyl (C=O) groups excluding carboxylic acids is 1. The van der Waals surface area contributed by atoms with Crippen LogP contribution in [-0.4, -0.2) is 13.0 Å². The van der Waals surface area contributed by atoms with Crippen LogP contribution in [0.1, 0.15) is 27.0 Å². The summed E-state index contributed by atoms with van der Waals surface area (Å²) in [4.78, 5) is 14.6. The van der Waals surface area contributed by atoms with Gasteiger partial charge in [-0.3, -0.25) is 4.79 Å². The van der Waals surface area contributed by atoms with Gasteiger partial charge < -0.3 is 10.2 Å². The molecule has 0 fully saturated rings. The lowest BCUT2D eigenvalue weighted by Crippen LogP contribution is -2.18. The standard InChI is InChI=1S/C29H28N2O/c1-20-8-14-25(15-9-20)31(26-16-10-21(2)11-17-26)27-7-5-6-23(18-27)24-13-12-22(3)28(19-24)29(32)30-4/h5-19H,1-4H3,(H,30,32). The van der Waals surface area contributed by atoms with Gasteiger partial charge in [-0.15, -0.1) is 0 Å². The number of benzene rings is 4. The Kier molecular flexibility index (Phi) is 6.09. The Morgan fingerprint density at radius 3 is 1.78 bits per heavy atom. The number of nitrogens with zero attached hydrogens (tertiary/aromatic N) is 1. The van der Waals surface area contributed by atoms with Crippen molar-refractivity contribution in [2.45, 2.75) is 20.8 Å². The highest BCUT2D eigenvalue weighted by Crippen LogP contribution is 2.36. The van der Waals surface area contributed by atoms with Gasteiger partial charge in [0.25, 0.3) is 5.91 Å². The molecule has 0 spiro atoms. The van der Waals surface area contributed by atoms with E-state index in [4.69, 9.17) is 0 Å². The quantitative estimate of drug-likeness (QED) is 0.373. The maximum absolute atomic E-state index is 12.3. The van der Waals surface area contributed by atoms with Crippen LogP contribution in [0, 0.1) is 20.8 Å². The molecule has 0 heterocycles. The topological polar surface area (TPSA) is 32.3 Å². The lowest BCUT2D eigenvalue weighted by atomic mass is 9.98. The molecule has 4 aromatic carbocycles. The first-order valence-electron chi connectivity index (χ1n) is 10.8. The van der Waals surface area contributed by atoms with Crippen molar-refractivity contribution in [2.75, 3.05) is 11.9 Å². The van der Waals surface area contributed by atoms with Gasteiger partial charge in [0.2, 0.25) is 0 Å². The molecule has 1 amide bonds. The number of nitrogens with one attached hydrogen (secondary N) is 1. The fourth-order valence-electron chi connectivity index (χ4n) is 3.84. The highest BCUT2D eigenvalue weighted by molar-refractivity contribution is 5.96. The van der Waals surface area contributed by atoms with E-state index < -0.39 is 0 Å². The monoisotopic (exact) mass is 420 g/mol. The van der Waals surface area contributed by atoms with Crippen LogP contribution >= 0.6 is 0 Å². The molecule has 4 rings (SSSR count). The predicted octanol–water partition coefficient (Wildman–Crippen LogP) is 7.11. The second kappa shape index (κ2) is 9.11. The van der Waals surface area contributed by atoms with Crippen molar-refractivity contribution in [3.8, 4) is 11.1 Å². The molecule has 0 unspecified atom stereocenters. The molecule has 0 aliphatic heterocycles. The zero-order valence-electron chi connectivity index (χ0n) is 19.0. The van der Waals surface area contributed by atoms with Gasteiger partial charge in [-0.2, -0.15) is 0 Å². The van der Waals surface area contributed by atoms with E-state index in [1.54, 1.807) is 7.05 Å². The molecule has 32 heavy (non-hydrogen) atoms. The Morgan fingerprint density at radius 2 is 1.22 bits per heavy atom. The van der Waals surface area contributed by atoms with Crippen molar-refractivity contribution in [3.63, 3.8) is 0 Å². The fourth-order valence-corrected chi connectivity index (χ4v) is 3.84. The van der Waals surface area contributed by atoms with Gasteiger partial charge in [-0.05, 0) is 79.9 Å². The summed E-state index contributed by atoms with van der Waals surface area (Å²) in [7, 11) is 1.66. The van der Waals surface area contributed by atoms with Gasteiger partial charge in [-0.1, -0.05) is 59.7 Å². The average molecular weight is 421 g/mol. The molecule has 4 aromatic rings. The molecule has 0 bridgehead atoms. The molecule has 0 atom stereocenters. The fraction of sp³-hybridized carbons (Fsp3) is 0.138. The summed E-state index contributed by atoms with van der Waals surface area (Å²) < 4.78 is 0. The first-order valence-corrected chi connectivity index (χ1v) is 10.8. The largest absolute Gasteiger partial charge is 0.355 e. The molecule has 1 N–H and O–H groups in total. The minimum Gasteiger partial charge on any atom is -0.355 e. The Morgan fingerprint density at radius 1 is 0.656 bits per heavy atom. The number of aryl methyl sites for hydroxylation is 3. The summed E-state index contributed by atoms with van der Waals surface area (Å²) in [5.41, 5.74) is 9.48. The number of hydrogen-bond acceptors (Lipinski definition) is 2. The number of rotatable bonds is 5. The molecule has 3 heteroatoms. The molecule has 3 nitrogen and oxygen atoms in total. The Hall–Kier alpha value is -3.85. The van der Waals surface area contributed by atoms with Crippen molar-refractivity contribution in [2.24, 2.45) is 0 Å². The average Bonchev–Trinajstić information content (AvgIpc) is 2.82. The van der Waals surface area contributed by atoms with Crippen molar-refractivity contribution in [1.82, 2.24) is 5.32 Å². The molecule has 0 saturated carbocycles. The number of carbonyl (C=O) groups is 1. The number of hydrogen-bond donors (Lipinski definition) is 1. The van der Waals surface area contributed by atoms with E-state index in [0.29, 0.717) is 5.56 Å². The van der Waals surface area contributed by atoms with E-state index in [1.165, 1.54) is 11.1 Å². The number of amides is 1.